The Balaban J connectivity index is 1.61. The highest BCUT2D eigenvalue weighted by Gasteiger charge is 2.35. The molecule has 3 aromatic rings. The number of nitro groups is 2. The molecule has 0 saturated carbocycles. The molecule has 0 aliphatic carbocycles. The van der Waals surface area contributed by atoms with Crippen molar-refractivity contribution in [2.75, 3.05) is 7.11 Å². The Bertz CT molecular complexity index is 1530. The molecule has 0 bridgehead atoms. The molecule has 1 fully saturated rings. The van der Waals surface area contributed by atoms with Crippen LogP contribution in [0.15, 0.2) is 63.1 Å². The molecule has 2 heterocycles. The van der Waals surface area contributed by atoms with Crippen molar-refractivity contribution in [3.05, 3.63) is 102 Å². The first kappa shape index (κ1) is 27.0. The van der Waals surface area contributed by atoms with E-state index in [-0.39, 0.29) is 47.4 Å². The number of nitrogens with zero attached hydrogens (tertiary/aromatic N) is 3. The second-order valence-corrected chi connectivity index (χ2v) is 8.87. The Morgan fingerprint density at radius 1 is 1.10 bits per heavy atom. The number of imide groups is 1. The Morgan fingerprint density at radius 2 is 1.82 bits per heavy atom. The minimum atomic E-state index is -0.778. The van der Waals surface area contributed by atoms with Crippen LogP contribution in [0.4, 0.5) is 16.2 Å². The standard InChI is InChI=1S/C24H17BrN4O10/c1-37-23(31)20-7-6-17(39-20)11-27-22(30)18(26-24(27)32)9-14-8-15(25)10-19(29(35)36)21(14)38-12-13-2-4-16(5-3-13)28(33)34/h2-10H,11-12H2,1H3,(H,26,32)/b18-9-. The van der Waals surface area contributed by atoms with Gasteiger partial charge >= 0.3 is 17.7 Å². The molecule has 1 aliphatic rings. The van der Waals surface area contributed by atoms with Crippen molar-refractivity contribution < 1.29 is 38.1 Å². The number of non-ortho nitro benzene ring substituents is 1. The van der Waals surface area contributed by atoms with E-state index in [4.69, 9.17) is 9.15 Å². The molecule has 1 aliphatic heterocycles. The number of methoxy groups -OCH3 is 1. The lowest BCUT2D eigenvalue weighted by molar-refractivity contribution is -0.386. The van der Waals surface area contributed by atoms with Crippen LogP contribution < -0.4 is 10.1 Å². The highest BCUT2D eigenvalue weighted by Crippen LogP contribution is 2.37. The molecule has 0 atom stereocenters. The molecule has 15 heteroatoms. The van der Waals surface area contributed by atoms with Crippen LogP contribution in [0.5, 0.6) is 5.75 Å². The largest absolute Gasteiger partial charge is 0.482 e. The van der Waals surface area contributed by atoms with E-state index in [0.717, 1.165) is 4.90 Å². The van der Waals surface area contributed by atoms with Gasteiger partial charge in [-0.15, -0.1) is 0 Å². The normalized spacial score (nSPS) is 13.9. The maximum atomic E-state index is 13.0. The molecule has 1 aromatic heterocycles. The molecule has 3 amide bonds. The second-order valence-electron chi connectivity index (χ2n) is 7.95. The summed E-state index contributed by atoms with van der Waals surface area (Å²) in [4.78, 5) is 59.3. The molecule has 1 N–H and O–H groups in total. The van der Waals surface area contributed by atoms with E-state index in [9.17, 15) is 34.6 Å². The summed E-state index contributed by atoms with van der Waals surface area (Å²) in [5, 5.41) is 25.0. The Morgan fingerprint density at radius 3 is 2.46 bits per heavy atom. The van der Waals surface area contributed by atoms with Gasteiger partial charge in [-0.05, 0) is 42.0 Å². The number of furan rings is 1. The molecule has 39 heavy (non-hydrogen) atoms. The van der Waals surface area contributed by atoms with Crippen molar-refractivity contribution in [1.82, 2.24) is 10.2 Å². The summed E-state index contributed by atoms with van der Waals surface area (Å²) in [5.41, 5.74) is -0.132. The maximum absolute atomic E-state index is 13.0. The van der Waals surface area contributed by atoms with Gasteiger partial charge in [0.25, 0.3) is 11.6 Å². The van der Waals surface area contributed by atoms with Gasteiger partial charge in [0.15, 0.2) is 0 Å². The number of nitrogens with one attached hydrogen (secondary N) is 1. The van der Waals surface area contributed by atoms with Crippen LogP contribution in [0, 0.1) is 20.2 Å². The van der Waals surface area contributed by atoms with E-state index in [1.165, 1.54) is 61.7 Å². The average Bonchev–Trinajstić information content (AvgIpc) is 3.48. The van der Waals surface area contributed by atoms with Crippen LogP contribution in [0.1, 0.15) is 27.4 Å². The average molecular weight is 601 g/mol. The summed E-state index contributed by atoms with van der Waals surface area (Å²) < 4.78 is 15.9. The number of amides is 3. The third-order valence-corrected chi connectivity index (χ3v) is 5.87. The van der Waals surface area contributed by atoms with Crippen LogP contribution in [0.3, 0.4) is 0 Å². The van der Waals surface area contributed by atoms with Gasteiger partial charge in [0.05, 0.1) is 23.5 Å². The Kier molecular flexibility index (Phi) is 7.71. The Hall–Kier alpha value is -5.05. The predicted molar refractivity (Wildman–Crippen MR) is 135 cm³/mol. The molecule has 0 unspecified atom stereocenters. The highest BCUT2D eigenvalue weighted by molar-refractivity contribution is 9.10. The first-order valence-corrected chi connectivity index (χ1v) is 11.7. The Labute approximate surface area is 227 Å². The quantitative estimate of drug-likeness (QED) is 0.122. The van der Waals surface area contributed by atoms with Gasteiger partial charge in [-0.25, -0.2) is 9.59 Å². The maximum Gasteiger partial charge on any atom is 0.373 e. The number of halogens is 1. The minimum absolute atomic E-state index is 0.105. The summed E-state index contributed by atoms with van der Waals surface area (Å²) in [6, 6.07) is 10.1. The zero-order chi connectivity index (χ0) is 28.3. The molecular weight excluding hydrogens is 584 g/mol. The molecule has 0 radical (unpaired) electrons. The van der Waals surface area contributed by atoms with E-state index >= 15 is 0 Å². The summed E-state index contributed by atoms with van der Waals surface area (Å²) in [7, 11) is 1.18. The number of carbonyl (C=O) groups excluding carboxylic acids is 3. The van der Waals surface area contributed by atoms with Gasteiger partial charge in [-0.3, -0.25) is 29.9 Å². The zero-order valence-electron chi connectivity index (χ0n) is 19.9. The van der Waals surface area contributed by atoms with Crippen LogP contribution in [-0.4, -0.2) is 39.8 Å². The van der Waals surface area contributed by atoms with Crippen LogP contribution in [-0.2, 0) is 22.7 Å². The number of ether oxygens (including phenoxy) is 2. The number of hydrogen-bond acceptors (Lipinski definition) is 10. The molecule has 200 valence electrons. The molecular formula is C24H17BrN4O10. The number of rotatable bonds is 9. The van der Waals surface area contributed by atoms with Crippen LogP contribution in [0.25, 0.3) is 6.08 Å². The summed E-state index contributed by atoms with van der Waals surface area (Å²) in [6.07, 6.45) is 1.23. The first-order chi connectivity index (χ1) is 18.6. The van der Waals surface area contributed by atoms with Crippen molar-refractivity contribution in [1.29, 1.82) is 0 Å². The van der Waals surface area contributed by atoms with Crippen molar-refractivity contribution >= 4 is 51.3 Å². The lowest BCUT2D eigenvalue weighted by atomic mass is 10.1. The SMILES string of the molecule is COC(=O)c1ccc(CN2C(=O)N/C(=C\c3cc(Br)cc([N+](=O)[O-])c3OCc3ccc([N+](=O)[O-])cc3)C2=O)o1. The number of hydrogen-bond donors (Lipinski definition) is 1. The lowest BCUT2D eigenvalue weighted by Gasteiger charge is -2.11. The second kappa shape index (κ2) is 11.1. The topological polar surface area (TPSA) is 184 Å². The fourth-order valence-electron chi connectivity index (χ4n) is 3.57. The van der Waals surface area contributed by atoms with Gasteiger partial charge in [0, 0.05) is 28.2 Å². The monoisotopic (exact) mass is 600 g/mol. The minimum Gasteiger partial charge on any atom is -0.482 e. The fraction of sp³-hybridized carbons (Fsp3) is 0.125. The predicted octanol–water partition coefficient (Wildman–Crippen LogP) is 4.32. The number of carbonyl (C=O) groups is 3. The number of esters is 1. The molecule has 2 aromatic carbocycles. The summed E-state index contributed by atoms with van der Waals surface area (Å²) in [5.74, 6) is -1.63. The van der Waals surface area contributed by atoms with E-state index < -0.39 is 33.4 Å². The van der Waals surface area contributed by atoms with Crippen molar-refractivity contribution in [2.45, 2.75) is 13.2 Å². The molecule has 1 saturated heterocycles. The highest BCUT2D eigenvalue weighted by atomic mass is 79.9. The molecule has 14 nitrogen and oxygen atoms in total. The first-order valence-electron chi connectivity index (χ1n) is 10.9. The smallest absolute Gasteiger partial charge is 0.373 e. The zero-order valence-corrected chi connectivity index (χ0v) is 21.5. The van der Waals surface area contributed by atoms with Crippen LogP contribution >= 0.6 is 15.9 Å². The third kappa shape index (κ3) is 5.93. The van der Waals surface area contributed by atoms with Crippen molar-refractivity contribution in [3.63, 3.8) is 0 Å². The third-order valence-electron chi connectivity index (χ3n) is 5.41. The number of urea groups is 1. The summed E-state index contributed by atoms with van der Waals surface area (Å²) in [6.45, 7) is -0.467. The molecule has 0 spiro atoms. The fourth-order valence-corrected chi connectivity index (χ4v) is 4.03. The van der Waals surface area contributed by atoms with Gasteiger partial charge in [0.1, 0.15) is 18.1 Å². The van der Waals surface area contributed by atoms with Crippen LogP contribution in [0.2, 0.25) is 0 Å². The number of nitro benzene ring substituents is 2. The van der Waals surface area contributed by atoms with E-state index in [1.807, 2.05) is 0 Å². The summed E-state index contributed by atoms with van der Waals surface area (Å²) >= 11 is 3.20. The van der Waals surface area contributed by atoms with E-state index in [2.05, 4.69) is 26.0 Å². The van der Waals surface area contributed by atoms with E-state index in [0.29, 0.717) is 10.0 Å². The molecule has 4 rings (SSSR count). The van der Waals surface area contributed by atoms with E-state index in [1.54, 1.807) is 0 Å². The lowest BCUT2D eigenvalue weighted by Crippen LogP contribution is -2.30. The van der Waals surface area contributed by atoms with Gasteiger partial charge < -0.3 is 19.2 Å². The van der Waals surface area contributed by atoms with Gasteiger partial charge in [0.2, 0.25) is 11.5 Å². The van der Waals surface area contributed by atoms with Gasteiger partial charge in [-0.1, -0.05) is 15.9 Å². The van der Waals surface area contributed by atoms with Gasteiger partial charge in [-0.2, -0.15) is 0 Å². The van der Waals surface area contributed by atoms with Crippen molar-refractivity contribution in [3.8, 4) is 5.75 Å². The number of benzene rings is 2. The van der Waals surface area contributed by atoms with Crippen molar-refractivity contribution in [2.24, 2.45) is 0 Å².